The predicted molar refractivity (Wildman–Crippen MR) is 59.8 cm³/mol. The third kappa shape index (κ3) is 3.16. The number of nitrogens with one attached hydrogen (secondary N) is 1. The van der Waals surface area contributed by atoms with Crippen LogP contribution in [0.3, 0.4) is 0 Å². The van der Waals surface area contributed by atoms with E-state index in [1.54, 1.807) is 0 Å². The van der Waals surface area contributed by atoms with Crippen LogP contribution in [0, 0.1) is 5.92 Å². The number of aliphatic hydroxyl groups excluding tert-OH is 1. The van der Waals surface area contributed by atoms with Crippen LogP contribution in [0.1, 0.15) is 38.5 Å². The van der Waals surface area contributed by atoms with Gasteiger partial charge in [0.25, 0.3) is 0 Å². The van der Waals surface area contributed by atoms with Gasteiger partial charge in [0.2, 0.25) is 0 Å². The molecule has 0 amide bonds. The Bertz CT molecular complexity index is 174. The van der Waals surface area contributed by atoms with Gasteiger partial charge in [0, 0.05) is 25.3 Å². The molecule has 0 bridgehead atoms. The summed E-state index contributed by atoms with van der Waals surface area (Å²) in [6.07, 6.45) is 7.49. The standard InChI is InChI=1S/C12H23NO2/c14-9-12(10-5-7-15-8-6-10)13-11-3-1-2-4-11/h10-14H,1-9H2. The summed E-state index contributed by atoms with van der Waals surface area (Å²) in [4.78, 5) is 0. The highest BCUT2D eigenvalue weighted by Crippen LogP contribution is 2.23. The molecule has 1 aliphatic heterocycles. The van der Waals surface area contributed by atoms with Crippen LogP contribution in [-0.4, -0.2) is 37.0 Å². The molecule has 15 heavy (non-hydrogen) atoms. The summed E-state index contributed by atoms with van der Waals surface area (Å²) in [5.41, 5.74) is 0. The van der Waals surface area contributed by atoms with Gasteiger partial charge in [0.05, 0.1) is 6.61 Å². The Morgan fingerprint density at radius 1 is 1.13 bits per heavy atom. The smallest absolute Gasteiger partial charge is 0.0587 e. The molecule has 2 rings (SSSR count). The van der Waals surface area contributed by atoms with Crippen LogP contribution in [0.5, 0.6) is 0 Å². The van der Waals surface area contributed by atoms with Gasteiger partial charge in [-0.15, -0.1) is 0 Å². The van der Waals surface area contributed by atoms with E-state index in [1.807, 2.05) is 0 Å². The van der Waals surface area contributed by atoms with Gasteiger partial charge in [0.15, 0.2) is 0 Å². The number of hydrogen-bond acceptors (Lipinski definition) is 3. The Morgan fingerprint density at radius 2 is 1.80 bits per heavy atom. The monoisotopic (exact) mass is 213 g/mol. The maximum Gasteiger partial charge on any atom is 0.0587 e. The van der Waals surface area contributed by atoms with Crippen molar-refractivity contribution in [1.82, 2.24) is 5.32 Å². The van der Waals surface area contributed by atoms with Gasteiger partial charge in [-0.2, -0.15) is 0 Å². The minimum absolute atomic E-state index is 0.279. The molecule has 2 N–H and O–H groups in total. The van der Waals surface area contributed by atoms with Crippen LogP contribution >= 0.6 is 0 Å². The summed E-state index contributed by atoms with van der Waals surface area (Å²) in [7, 11) is 0. The van der Waals surface area contributed by atoms with Crippen LogP contribution < -0.4 is 5.32 Å². The zero-order valence-corrected chi connectivity index (χ0v) is 9.45. The summed E-state index contributed by atoms with van der Waals surface area (Å²) in [5.74, 6) is 0.615. The van der Waals surface area contributed by atoms with Crippen molar-refractivity contribution in [1.29, 1.82) is 0 Å². The minimum Gasteiger partial charge on any atom is -0.395 e. The van der Waals surface area contributed by atoms with Crippen molar-refractivity contribution in [3.05, 3.63) is 0 Å². The van der Waals surface area contributed by atoms with Crippen molar-refractivity contribution in [3.63, 3.8) is 0 Å². The zero-order valence-electron chi connectivity index (χ0n) is 9.45. The van der Waals surface area contributed by atoms with E-state index in [4.69, 9.17) is 4.74 Å². The SMILES string of the molecule is OCC(NC1CCCC1)C1CCOCC1. The lowest BCUT2D eigenvalue weighted by Crippen LogP contribution is -2.45. The maximum atomic E-state index is 9.44. The Balaban J connectivity index is 1.79. The third-order valence-corrected chi connectivity index (χ3v) is 3.84. The van der Waals surface area contributed by atoms with Crippen molar-refractivity contribution in [2.75, 3.05) is 19.8 Å². The van der Waals surface area contributed by atoms with E-state index in [2.05, 4.69) is 5.32 Å². The van der Waals surface area contributed by atoms with Crippen molar-refractivity contribution >= 4 is 0 Å². The van der Waals surface area contributed by atoms with Crippen LogP contribution in [0.2, 0.25) is 0 Å². The highest BCUT2D eigenvalue weighted by molar-refractivity contribution is 4.83. The third-order valence-electron chi connectivity index (χ3n) is 3.84. The van der Waals surface area contributed by atoms with Gasteiger partial charge in [-0.05, 0) is 31.6 Å². The van der Waals surface area contributed by atoms with E-state index in [9.17, 15) is 5.11 Å². The summed E-state index contributed by atoms with van der Waals surface area (Å²) in [6, 6.07) is 0.960. The molecular formula is C12H23NO2. The molecule has 1 atom stereocenters. The van der Waals surface area contributed by atoms with Gasteiger partial charge >= 0.3 is 0 Å². The van der Waals surface area contributed by atoms with Crippen LogP contribution in [0.15, 0.2) is 0 Å². The molecule has 0 aromatic heterocycles. The molecule has 1 unspecified atom stereocenters. The fourth-order valence-electron chi connectivity index (χ4n) is 2.85. The van der Waals surface area contributed by atoms with E-state index < -0.39 is 0 Å². The number of ether oxygens (including phenoxy) is 1. The Kier molecular flexibility index (Phi) is 4.42. The Hall–Kier alpha value is -0.120. The first-order valence-corrected chi connectivity index (χ1v) is 6.35. The first-order chi connectivity index (χ1) is 7.40. The Labute approximate surface area is 92.2 Å². The van der Waals surface area contributed by atoms with Gasteiger partial charge in [-0.3, -0.25) is 0 Å². The topological polar surface area (TPSA) is 41.5 Å². The van der Waals surface area contributed by atoms with Crippen LogP contribution in [0.25, 0.3) is 0 Å². The minimum atomic E-state index is 0.279. The van der Waals surface area contributed by atoms with Gasteiger partial charge in [0.1, 0.15) is 0 Å². The molecule has 0 aromatic rings. The number of rotatable bonds is 4. The molecule has 3 heteroatoms. The molecule has 88 valence electrons. The van der Waals surface area contributed by atoms with Crippen molar-refractivity contribution in [2.24, 2.45) is 5.92 Å². The van der Waals surface area contributed by atoms with Crippen LogP contribution in [-0.2, 0) is 4.74 Å². The second kappa shape index (κ2) is 5.83. The molecule has 3 nitrogen and oxygen atoms in total. The zero-order chi connectivity index (χ0) is 10.5. The lowest BCUT2D eigenvalue weighted by Gasteiger charge is -2.31. The highest BCUT2D eigenvalue weighted by Gasteiger charge is 2.26. The van der Waals surface area contributed by atoms with Crippen LogP contribution in [0.4, 0.5) is 0 Å². The lowest BCUT2D eigenvalue weighted by atomic mass is 9.91. The van der Waals surface area contributed by atoms with Crippen molar-refractivity contribution in [3.8, 4) is 0 Å². The molecule has 1 heterocycles. The average Bonchev–Trinajstić information content (AvgIpc) is 2.80. The van der Waals surface area contributed by atoms with Crippen molar-refractivity contribution < 1.29 is 9.84 Å². The normalized spacial score (nSPS) is 27.0. The molecule has 2 fully saturated rings. The molecule has 2 aliphatic rings. The average molecular weight is 213 g/mol. The maximum absolute atomic E-state index is 9.44. The number of aliphatic hydroxyl groups is 1. The predicted octanol–water partition coefficient (Wildman–Crippen LogP) is 1.31. The quantitative estimate of drug-likeness (QED) is 0.740. The summed E-state index contributed by atoms with van der Waals surface area (Å²) >= 11 is 0. The fourth-order valence-corrected chi connectivity index (χ4v) is 2.85. The molecule has 1 aliphatic carbocycles. The van der Waals surface area contributed by atoms with E-state index in [0.717, 1.165) is 26.1 Å². The first-order valence-electron chi connectivity index (χ1n) is 6.35. The molecule has 1 saturated carbocycles. The highest BCUT2D eigenvalue weighted by atomic mass is 16.5. The van der Waals surface area contributed by atoms with Gasteiger partial charge in [-0.25, -0.2) is 0 Å². The summed E-state index contributed by atoms with van der Waals surface area (Å²) in [6.45, 7) is 2.02. The largest absolute Gasteiger partial charge is 0.395 e. The van der Waals surface area contributed by atoms with E-state index in [1.165, 1.54) is 25.7 Å². The molecule has 0 spiro atoms. The first kappa shape index (κ1) is 11.4. The molecule has 0 aromatic carbocycles. The van der Waals surface area contributed by atoms with E-state index in [0.29, 0.717) is 18.0 Å². The molecule has 1 saturated heterocycles. The van der Waals surface area contributed by atoms with E-state index in [-0.39, 0.29) is 6.61 Å². The fraction of sp³-hybridized carbons (Fsp3) is 1.00. The second-order valence-electron chi connectivity index (χ2n) is 4.89. The summed E-state index contributed by atoms with van der Waals surface area (Å²) < 4.78 is 5.35. The molecule has 0 radical (unpaired) electrons. The summed E-state index contributed by atoms with van der Waals surface area (Å²) in [5, 5.41) is 13.1. The number of hydrogen-bond donors (Lipinski definition) is 2. The second-order valence-corrected chi connectivity index (χ2v) is 4.89. The van der Waals surface area contributed by atoms with Crippen molar-refractivity contribution in [2.45, 2.75) is 50.6 Å². The lowest BCUT2D eigenvalue weighted by molar-refractivity contribution is 0.0416. The Morgan fingerprint density at radius 3 is 2.40 bits per heavy atom. The van der Waals surface area contributed by atoms with E-state index >= 15 is 0 Å². The molecular weight excluding hydrogens is 190 g/mol. The van der Waals surface area contributed by atoms with Gasteiger partial charge in [-0.1, -0.05) is 12.8 Å². The van der Waals surface area contributed by atoms with Gasteiger partial charge < -0.3 is 15.2 Å².